The van der Waals surface area contributed by atoms with Crippen LogP contribution in [0.4, 0.5) is 0 Å². The molecule has 5 nitrogen and oxygen atoms in total. The minimum absolute atomic E-state index is 0.0443. The highest BCUT2D eigenvalue weighted by atomic mass is 32.2. The number of carbonyl (C=O) groups excluding carboxylic acids is 1. The summed E-state index contributed by atoms with van der Waals surface area (Å²) in [4.78, 5) is 17.8. The predicted molar refractivity (Wildman–Crippen MR) is 119 cm³/mol. The van der Waals surface area contributed by atoms with Crippen LogP contribution in [0.2, 0.25) is 0 Å². The van der Waals surface area contributed by atoms with Gasteiger partial charge in [-0.15, -0.1) is 16.4 Å². The third-order valence-electron chi connectivity index (χ3n) is 4.45. The summed E-state index contributed by atoms with van der Waals surface area (Å²) in [5, 5.41) is 12.7. The van der Waals surface area contributed by atoms with E-state index >= 15 is 0 Å². The summed E-state index contributed by atoms with van der Waals surface area (Å²) in [6.07, 6.45) is 0. The Hall–Kier alpha value is -2.90. The van der Waals surface area contributed by atoms with Crippen LogP contribution in [0.15, 0.2) is 77.3 Å². The number of aromatic amines is 1. The van der Waals surface area contributed by atoms with E-state index < -0.39 is 0 Å². The lowest BCUT2D eigenvalue weighted by molar-refractivity contribution is -0.119. The van der Waals surface area contributed by atoms with Crippen molar-refractivity contribution in [3.63, 3.8) is 0 Å². The molecule has 0 aliphatic rings. The van der Waals surface area contributed by atoms with Crippen LogP contribution in [0.3, 0.4) is 0 Å². The summed E-state index contributed by atoms with van der Waals surface area (Å²) in [5.41, 5.74) is 3.41. The Morgan fingerprint density at radius 3 is 2.55 bits per heavy atom. The van der Waals surface area contributed by atoms with E-state index in [2.05, 4.69) is 56.9 Å². The molecule has 146 valence electrons. The lowest BCUT2D eigenvalue weighted by Crippen LogP contribution is -2.28. The Morgan fingerprint density at radius 2 is 1.83 bits per heavy atom. The first-order chi connectivity index (χ1) is 14.2. The van der Waals surface area contributed by atoms with Crippen molar-refractivity contribution in [1.82, 2.24) is 20.5 Å². The molecule has 2 N–H and O–H groups in total. The van der Waals surface area contributed by atoms with Crippen LogP contribution in [0.5, 0.6) is 0 Å². The largest absolute Gasteiger partial charge is 0.349 e. The Kier molecular flexibility index (Phi) is 6.07. The van der Waals surface area contributed by atoms with Crippen LogP contribution in [0.1, 0.15) is 18.5 Å². The van der Waals surface area contributed by atoms with Gasteiger partial charge in [0.15, 0.2) is 5.82 Å². The minimum atomic E-state index is -0.0678. The van der Waals surface area contributed by atoms with Gasteiger partial charge in [0.05, 0.1) is 16.7 Å². The monoisotopic (exact) mass is 420 g/mol. The van der Waals surface area contributed by atoms with E-state index in [1.807, 2.05) is 42.6 Å². The summed E-state index contributed by atoms with van der Waals surface area (Å²) in [6, 6.07) is 22.4. The van der Waals surface area contributed by atoms with Gasteiger partial charge in [0.2, 0.25) is 11.1 Å². The highest BCUT2D eigenvalue weighted by Crippen LogP contribution is 2.24. The fourth-order valence-electron chi connectivity index (χ4n) is 2.93. The molecule has 0 spiro atoms. The fourth-order valence-corrected chi connectivity index (χ4v) is 4.20. The summed E-state index contributed by atoms with van der Waals surface area (Å²) >= 11 is 2.92. The van der Waals surface area contributed by atoms with E-state index in [1.165, 1.54) is 17.3 Å². The number of amides is 1. The molecule has 4 rings (SSSR count). The number of aromatic nitrogens is 3. The van der Waals surface area contributed by atoms with Crippen molar-refractivity contribution in [2.75, 3.05) is 5.75 Å². The summed E-state index contributed by atoms with van der Waals surface area (Å²) in [7, 11) is 0. The Balaban J connectivity index is 1.30. The van der Waals surface area contributed by atoms with Gasteiger partial charge in [0.1, 0.15) is 0 Å². The van der Waals surface area contributed by atoms with Gasteiger partial charge >= 0.3 is 0 Å². The molecule has 0 aliphatic heterocycles. The molecule has 4 aromatic rings. The average molecular weight is 421 g/mol. The topological polar surface area (TPSA) is 70.7 Å². The number of carbonyl (C=O) groups is 1. The molecular formula is C22H20N4OS2. The molecule has 2 aromatic carbocycles. The van der Waals surface area contributed by atoms with Crippen molar-refractivity contribution in [1.29, 1.82) is 0 Å². The number of thiophene rings is 1. The highest BCUT2D eigenvalue weighted by Gasteiger charge is 2.13. The first-order valence-corrected chi connectivity index (χ1v) is 11.1. The summed E-state index contributed by atoms with van der Waals surface area (Å²) in [6.45, 7) is 1.99. The lowest BCUT2D eigenvalue weighted by atomic mass is 10.0. The Bertz CT molecular complexity index is 1060. The van der Waals surface area contributed by atoms with Gasteiger partial charge in [-0.3, -0.25) is 9.89 Å². The van der Waals surface area contributed by atoms with Gasteiger partial charge in [-0.25, -0.2) is 4.98 Å². The van der Waals surface area contributed by atoms with Gasteiger partial charge in [-0.1, -0.05) is 72.4 Å². The summed E-state index contributed by atoms with van der Waals surface area (Å²) in [5.74, 6) is 0.959. The van der Waals surface area contributed by atoms with E-state index in [-0.39, 0.29) is 17.7 Å². The molecule has 0 fully saturated rings. The quantitative estimate of drug-likeness (QED) is 0.405. The molecule has 0 saturated heterocycles. The number of benzene rings is 2. The second kappa shape index (κ2) is 9.07. The van der Waals surface area contributed by atoms with Crippen LogP contribution in [0.25, 0.3) is 21.8 Å². The molecule has 7 heteroatoms. The van der Waals surface area contributed by atoms with E-state index in [0.717, 1.165) is 21.8 Å². The van der Waals surface area contributed by atoms with Crippen LogP contribution in [0, 0.1) is 0 Å². The van der Waals surface area contributed by atoms with Crippen LogP contribution >= 0.6 is 23.1 Å². The molecule has 0 aliphatic carbocycles. The number of hydrogen-bond donors (Lipinski definition) is 2. The maximum absolute atomic E-state index is 12.3. The molecule has 2 heterocycles. The van der Waals surface area contributed by atoms with Crippen LogP contribution in [-0.4, -0.2) is 26.8 Å². The Labute approximate surface area is 177 Å². The van der Waals surface area contributed by atoms with Gasteiger partial charge in [0.25, 0.3) is 0 Å². The normalized spacial score (nSPS) is 11.9. The molecule has 0 saturated carbocycles. The van der Waals surface area contributed by atoms with E-state index in [1.54, 1.807) is 11.3 Å². The average Bonchev–Trinajstić information content (AvgIpc) is 3.45. The third kappa shape index (κ3) is 4.93. The van der Waals surface area contributed by atoms with Crippen molar-refractivity contribution in [2.24, 2.45) is 0 Å². The van der Waals surface area contributed by atoms with Gasteiger partial charge in [0, 0.05) is 0 Å². The standard InChI is InChI=1S/C22H20N4OS2/c1-15(16-9-11-18(12-10-16)17-6-3-2-4-7-17)23-20(27)14-29-22-24-21(25-26-22)19-8-5-13-28-19/h2-13,15H,14H2,1H3,(H,23,27)(H,24,25,26)/t15-/m1/s1. The highest BCUT2D eigenvalue weighted by molar-refractivity contribution is 7.99. The minimum Gasteiger partial charge on any atom is -0.349 e. The van der Waals surface area contributed by atoms with Gasteiger partial charge < -0.3 is 5.32 Å². The molecule has 0 radical (unpaired) electrons. The van der Waals surface area contributed by atoms with Crippen molar-refractivity contribution in [2.45, 2.75) is 18.1 Å². The third-order valence-corrected chi connectivity index (χ3v) is 6.17. The second-order valence-corrected chi connectivity index (χ2v) is 8.40. The van der Waals surface area contributed by atoms with Crippen molar-refractivity contribution in [3.8, 4) is 21.8 Å². The number of H-pyrrole nitrogens is 1. The maximum Gasteiger partial charge on any atom is 0.230 e. The molecule has 0 bridgehead atoms. The second-order valence-electron chi connectivity index (χ2n) is 6.51. The first kappa shape index (κ1) is 19.4. The van der Waals surface area contributed by atoms with Crippen molar-refractivity contribution >= 4 is 29.0 Å². The SMILES string of the molecule is C[C@@H](NC(=O)CSc1n[nH]c(-c2cccs2)n1)c1ccc(-c2ccccc2)cc1. The number of nitrogens with one attached hydrogen (secondary N) is 2. The zero-order chi connectivity index (χ0) is 20.1. The Morgan fingerprint density at radius 1 is 1.07 bits per heavy atom. The number of hydrogen-bond acceptors (Lipinski definition) is 5. The lowest BCUT2D eigenvalue weighted by Gasteiger charge is -2.14. The number of nitrogens with zero attached hydrogens (tertiary/aromatic N) is 2. The van der Waals surface area contributed by atoms with E-state index in [4.69, 9.17) is 0 Å². The van der Waals surface area contributed by atoms with Crippen molar-refractivity contribution < 1.29 is 4.79 Å². The molecule has 1 atom stereocenters. The predicted octanol–water partition coefficient (Wildman–Crippen LogP) is 5.17. The van der Waals surface area contributed by atoms with Gasteiger partial charge in [-0.2, -0.15) is 0 Å². The smallest absolute Gasteiger partial charge is 0.230 e. The van der Waals surface area contributed by atoms with Crippen LogP contribution < -0.4 is 5.32 Å². The zero-order valence-electron chi connectivity index (χ0n) is 15.8. The van der Waals surface area contributed by atoms with E-state index in [9.17, 15) is 4.79 Å². The van der Waals surface area contributed by atoms with E-state index in [0.29, 0.717) is 5.16 Å². The van der Waals surface area contributed by atoms with Gasteiger partial charge in [-0.05, 0) is 35.1 Å². The first-order valence-electron chi connectivity index (χ1n) is 9.23. The molecule has 2 aromatic heterocycles. The summed E-state index contributed by atoms with van der Waals surface area (Å²) < 4.78 is 0. The zero-order valence-corrected chi connectivity index (χ0v) is 17.5. The molecular weight excluding hydrogens is 400 g/mol. The fraction of sp³-hybridized carbons (Fsp3) is 0.136. The molecule has 0 unspecified atom stereocenters. The van der Waals surface area contributed by atoms with Crippen molar-refractivity contribution in [3.05, 3.63) is 77.7 Å². The number of rotatable bonds is 7. The maximum atomic E-state index is 12.3. The number of thioether (sulfide) groups is 1. The molecule has 29 heavy (non-hydrogen) atoms. The molecule has 1 amide bonds. The van der Waals surface area contributed by atoms with Crippen LogP contribution in [-0.2, 0) is 4.79 Å².